The third kappa shape index (κ3) is 3.55. The fraction of sp³-hybridized carbons (Fsp3) is 0.857. The van der Waals surface area contributed by atoms with E-state index in [-0.39, 0.29) is 24.1 Å². The number of likely N-dealkylation sites (tertiary alicyclic amines) is 1. The van der Waals surface area contributed by atoms with Crippen LogP contribution in [0.25, 0.3) is 0 Å². The van der Waals surface area contributed by atoms with Crippen molar-refractivity contribution in [3.05, 3.63) is 0 Å². The lowest BCUT2D eigenvalue weighted by Gasteiger charge is -2.14. The molecule has 0 aromatic carbocycles. The van der Waals surface area contributed by atoms with Crippen LogP contribution >= 0.6 is 15.9 Å². The van der Waals surface area contributed by atoms with Crippen LogP contribution in [0.4, 0.5) is 0 Å². The summed E-state index contributed by atoms with van der Waals surface area (Å²) in [6.07, 6.45) is 0.455. The molecule has 14 heavy (non-hydrogen) atoms. The summed E-state index contributed by atoms with van der Waals surface area (Å²) in [7, 11) is -3.96. The van der Waals surface area contributed by atoms with Crippen LogP contribution in [0.3, 0.4) is 0 Å². The standard InChI is InChI=1S/C7H12BrNO4S/c8-4-6-3-7(10)9(5-6)1-2-14(11,12)13/h6H,1-5H2,(H,11,12,13). The molecule has 82 valence electrons. The second-order valence-corrected chi connectivity index (χ2v) is 5.57. The normalized spacial score (nSPS) is 23.1. The van der Waals surface area contributed by atoms with Crippen LogP contribution in [0.2, 0.25) is 0 Å². The van der Waals surface area contributed by atoms with E-state index >= 15 is 0 Å². The van der Waals surface area contributed by atoms with Crippen LogP contribution in [0.1, 0.15) is 6.42 Å². The number of halogens is 1. The molecular weight excluding hydrogens is 274 g/mol. The van der Waals surface area contributed by atoms with E-state index in [1.807, 2.05) is 0 Å². The molecule has 1 aliphatic rings. The van der Waals surface area contributed by atoms with Gasteiger partial charge in [-0.25, -0.2) is 0 Å². The minimum absolute atomic E-state index is 0.0434. The van der Waals surface area contributed by atoms with Gasteiger partial charge in [0.25, 0.3) is 10.1 Å². The molecule has 1 atom stereocenters. The first-order valence-corrected chi connectivity index (χ1v) is 6.94. The van der Waals surface area contributed by atoms with E-state index < -0.39 is 10.1 Å². The van der Waals surface area contributed by atoms with Gasteiger partial charge in [0, 0.05) is 24.8 Å². The summed E-state index contributed by atoms with van der Waals surface area (Å²) < 4.78 is 29.4. The number of hydrogen-bond donors (Lipinski definition) is 1. The third-order valence-corrected chi connectivity index (χ3v) is 3.75. The molecule has 0 aromatic rings. The molecule has 0 aliphatic carbocycles. The van der Waals surface area contributed by atoms with E-state index in [4.69, 9.17) is 4.55 Å². The molecule has 1 aliphatic heterocycles. The lowest BCUT2D eigenvalue weighted by atomic mass is 10.2. The lowest BCUT2D eigenvalue weighted by molar-refractivity contribution is -0.127. The second-order valence-electron chi connectivity index (χ2n) is 3.35. The zero-order valence-electron chi connectivity index (χ0n) is 7.52. The Morgan fingerprint density at radius 2 is 2.21 bits per heavy atom. The highest BCUT2D eigenvalue weighted by Crippen LogP contribution is 2.19. The maximum atomic E-state index is 11.3. The summed E-state index contributed by atoms with van der Waals surface area (Å²) in [4.78, 5) is 12.8. The Balaban J connectivity index is 2.43. The number of rotatable bonds is 4. The monoisotopic (exact) mass is 285 g/mol. The second kappa shape index (κ2) is 4.59. The molecule has 1 unspecified atom stereocenters. The molecule has 1 rings (SSSR count). The highest BCUT2D eigenvalue weighted by Gasteiger charge is 2.29. The average Bonchev–Trinajstić information content (AvgIpc) is 2.42. The summed E-state index contributed by atoms with van der Waals surface area (Å²) in [5.74, 6) is -0.171. The molecule has 0 spiro atoms. The molecule has 0 saturated carbocycles. The van der Waals surface area contributed by atoms with Gasteiger partial charge in [-0.2, -0.15) is 8.42 Å². The molecule has 0 bridgehead atoms. The predicted molar refractivity (Wildman–Crippen MR) is 54.9 cm³/mol. The molecule has 0 aromatic heterocycles. The molecule has 0 radical (unpaired) electrons. The summed E-state index contributed by atoms with van der Waals surface area (Å²) >= 11 is 3.28. The summed E-state index contributed by atoms with van der Waals surface area (Å²) in [6.45, 7) is 0.654. The fourth-order valence-electron chi connectivity index (χ4n) is 1.40. The van der Waals surface area contributed by atoms with Gasteiger partial charge in [-0.15, -0.1) is 0 Å². The predicted octanol–water partition coefficient (Wildman–Crippen LogP) is 0.118. The summed E-state index contributed by atoms with van der Waals surface area (Å²) in [5.41, 5.74) is 0. The molecule has 1 saturated heterocycles. The summed E-state index contributed by atoms with van der Waals surface area (Å²) in [5, 5.41) is 0.737. The minimum atomic E-state index is -3.96. The Bertz CT molecular complexity index is 316. The van der Waals surface area contributed by atoms with E-state index in [1.165, 1.54) is 4.90 Å². The van der Waals surface area contributed by atoms with Crippen LogP contribution in [-0.4, -0.2) is 48.0 Å². The van der Waals surface area contributed by atoms with Gasteiger partial charge in [0.2, 0.25) is 5.91 Å². The van der Waals surface area contributed by atoms with Gasteiger partial charge in [0.1, 0.15) is 0 Å². The van der Waals surface area contributed by atoms with Crippen molar-refractivity contribution >= 4 is 32.0 Å². The smallest absolute Gasteiger partial charge is 0.266 e. The van der Waals surface area contributed by atoms with Gasteiger partial charge >= 0.3 is 0 Å². The Labute approximate surface area is 91.3 Å². The van der Waals surface area contributed by atoms with Gasteiger partial charge < -0.3 is 4.90 Å². The van der Waals surface area contributed by atoms with Crippen LogP contribution in [0, 0.1) is 5.92 Å². The van der Waals surface area contributed by atoms with Gasteiger partial charge in [-0.3, -0.25) is 9.35 Å². The zero-order chi connectivity index (χ0) is 10.8. The SMILES string of the molecule is O=C1CC(CBr)CN1CCS(=O)(=O)O. The number of amides is 1. The molecule has 5 nitrogen and oxygen atoms in total. The Kier molecular flexibility index (Phi) is 3.91. The quantitative estimate of drug-likeness (QED) is 0.588. The van der Waals surface area contributed by atoms with E-state index in [0.29, 0.717) is 13.0 Å². The summed E-state index contributed by atoms with van der Waals surface area (Å²) in [6, 6.07) is 0. The lowest BCUT2D eigenvalue weighted by Crippen LogP contribution is -2.30. The van der Waals surface area contributed by atoms with Crippen molar-refractivity contribution in [1.29, 1.82) is 0 Å². The van der Waals surface area contributed by atoms with Crippen LogP contribution < -0.4 is 0 Å². The van der Waals surface area contributed by atoms with E-state index in [0.717, 1.165) is 5.33 Å². The molecule has 1 fully saturated rings. The van der Waals surface area contributed by atoms with Crippen LogP contribution in [0.15, 0.2) is 0 Å². The molecule has 1 N–H and O–H groups in total. The maximum Gasteiger partial charge on any atom is 0.266 e. The highest BCUT2D eigenvalue weighted by molar-refractivity contribution is 9.09. The minimum Gasteiger partial charge on any atom is -0.341 e. The molecule has 1 amide bonds. The van der Waals surface area contributed by atoms with Crippen molar-refractivity contribution in [2.75, 3.05) is 24.2 Å². The molecule has 1 heterocycles. The van der Waals surface area contributed by atoms with E-state index in [1.54, 1.807) is 0 Å². The Hall–Kier alpha value is -0.140. The number of alkyl halides is 1. The van der Waals surface area contributed by atoms with E-state index in [9.17, 15) is 13.2 Å². The number of carbonyl (C=O) groups is 1. The van der Waals surface area contributed by atoms with Gasteiger partial charge in [0.15, 0.2) is 0 Å². The molecule has 7 heteroatoms. The first-order valence-electron chi connectivity index (χ1n) is 4.21. The zero-order valence-corrected chi connectivity index (χ0v) is 9.92. The number of carbonyl (C=O) groups excluding carboxylic acids is 1. The highest BCUT2D eigenvalue weighted by atomic mass is 79.9. The van der Waals surface area contributed by atoms with Gasteiger partial charge in [-0.1, -0.05) is 15.9 Å². The van der Waals surface area contributed by atoms with Crippen molar-refractivity contribution in [1.82, 2.24) is 4.90 Å². The fourth-order valence-corrected chi connectivity index (χ4v) is 2.28. The molecular formula is C7H12BrNO4S. The first kappa shape index (κ1) is 11.9. The van der Waals surface area contributed by atoms with Crippen LogP contribution in [-0.2, 0) is 14.9 Å². The van der Waals surface area contributed by atoms with E-state index in [2.05, 4.69) is 15.9 Å². The Morgan fingerprint density at radius 1 is 1.57 bits per heavy atom. The topological polar surface area (TPSA) is 74.7 Å². The third-order valence-electron chi connectivity index (χ3n) is 2.13. The largest absolute Gasteiger partial charge is 0.341 e. The average molecular weight is 286 g/mol. The van der Waals surface area contributed by atoms with Crippen molar-refractivity contribution in [2.45, 2.75) is 6.42 Å². The maximum absolute atomic E-state index is 11.3. The number of hydrogen-bond acceptors (Lipinski definition) is 3. The van der Waals surface area contributed by atoms with Crippen molar-refractivity contribution in [2.24, 2.45) is 5.92 Å². The first-order chi connectivity index (χ1) is 6.42. The van der Waals surface area contributed by atoms with Crippen molar-refractivity contribution < 1.29 is 17.8 Å². The number of nitrogens with zero attached hydrogens (tertiary/aromatic N) is 1. The Morgan fingerprint density at radius 3 is 2.64 bits per heavy atom. The van der Waals surface area contributed by atoms with Crippen molar-refractivity contribution in [3.63, 3.8) is 0 Å². The van der Waals surface area contributed by atoms with Crippen LogP contribution in [0.5, 0.6) is 0 Å². The van der Waals surface area contributed by atoms with Gasteiger partial charge in [-0.05, 0) is 5.92 Å². The van der Waals surface area contributed by atoms with Crippen molar-refractivity contribution in [3.8, 4) is 0 Å². The van der Waals surface area contributed by atoms with Gasteiger partial charge in [0.05, 0.1) is 5.75 Å².